The van der Waals surface area contributed by atoms with E-state index in [2.05, 4.69) is 9.88 Å². The van der Waals surface area contributed by atoms with Gasteiger partial charge in [0.25, 0.3) is 0 Å². The fourth-order valence-corrected chi connectivity index (χ4v) is 3.60. The quantitative estimate of drug-likeness (QED) is 0.854. The Morgan fingerprint density at radius 1 is 1.43 bits per heavy atom. The molecule has 1 aromatic heterocycles. The predicted molar refractivity (Wildman–Crippen MR) is 89.3 cm³/mol. The van der Waals surface area contributed by atoms with Crippen LogP contribution in [0.5, 0.6) is 0 Å². The SMILES string of the molecule is CN(C(=O)C1CCC1)C1CCCN(c2ncc(C#N)cc2Cl)C1. The van der Waals surface area contributed by atoms with Gasteiger partial charge in [0.2, 0.25) is 5.91 Å². The van der Waals surface area contributed by atoms with Crippen molar-refractivity contribution in [2.24, 2.45) is 5.92 Å². The van der Waals surface area contributed by atoms with Gasteiger partial charge >= 0.3 is 0 Å². The van der Waals surface area contributed by atoms with E-state index in [1.165, 1.54) is 6.42 Å². The van der Waals surface area contributed by atoms with Gasteiger partial charge in [0.15, 0.2) is 0 Å². The molecule has 2 fully saturated rings. The molecule has 1 saturated heterocycles. The molecule has 1 unspecified atom stereocenters. The standard InChI is InChI=1S/C17H21ClN4O/c1-21(17(23)13-4-2-5-13)14-6-3-7-22(11-14)16-15(18)8-12(9-19)10-20-16/h8,10,13-14H,2-7,11H2,1H3. The van der Waals surface area contributed by atoms with Crippen molar-refractivity contribution in [1.29, 1.82) is 5.26 Å². The van der Waals surface area contributed by atoms with Crippen molar-refractivity contribution >= 4 is 23.3 Å². The Morgan fingerprint density at radius 2 is 2.22 bits per heavy atom. The molecule has 1 aliphatic heterocycles. The Balaban J connectivity index is 1.70. The van der Waals surface area contributed by atoms with Crippen LogP contribution in [0, 0.1) is 17.2 Å². The van der Waals surface area contributed by atoms with E-state index in [9.17, 15) is 4.79 Å². The Labute approximate surface area is 141 Å². The van der Waals surface area contributed by atoms with Crippen LogP contribution in [0.3, 0.4) is 0 Å². The van der Waals surface area contributed by atoms with E-state index in [1.807, 2.05) is 18.0 Å². The summed E-state index contributed by atoms with van der Waals surface area (Å²) in [6, 6.07) is 3.90. The van der Waals surface area contributed by atoms with E-state index in [-0.39, 0.29) is 17.9 Å². The third-order valence-corrected chi connectivity index (χ3v) is 5.27. The zero-order valence-electron chi connectivity index (χ0n) is 13.3. The molecule has 1 amide bonds. The van der Waals surface area contributed by atoms with Gasteiger partial charge in [-0.1, -0.05) is 18.0 Å². The monoisotopic (exact) mass is 332 g/mol. The third-order valence-electron chi connectivity index (χ3n) is 5.00. The van der Waals surface area contributed by atoms with Crippen LogP contribution in [0.15, 0.2) is 12.3 Å². The molecule has 0 N–H and O–H groups in total. The van der Waals surface area contributed by atoms with Gasteiger partial charge in [0.05, 0.1) is 10.6 Å². The van der Waals surface area contributed by atoms with Crippen LogP contribution >= 0.6 is 11.6 Å². The maximum atomic E-state index is 12.4. The first-order valence-electron chi connectivity index (χ1n) is 8.17. The minimum Gasteiger partial charge on any atom is -0.353 e. The maximum absolute atomic E-state index is 12.4. The first-order chi connectivity index (χ1) is 11.1. The molecule has 2 heterocycles. The van der Waals surface area contributed by atoms with Gasteiger partial charge in [0, 0.05) is 38.3 Å². The van der Waals surface area contributed by atoms with Crippen molar-refractivity contribution in [3.8, 4) is 6.07 Å². The Morgan fingerprint density at radius 3 is 2.83 bits per heavy atom. The molecule has 6 heteroatoms. The number of halogens is 1. The number of likely N-dealkylation sites (N-methyl/N-ethyl adjacent to an activating group) is 1. The highest BCUT2D eigenvalue weighted by atomic mass is 35.5. The molecule has 1 saturated carbocycles. The van der Waals surface area contributed by atoms with Crippen LogP contribution in [0.4, 0.5) is 5.82 Å². The van der Waals surface area contributed by atoms with Crippen molar-refractivity contribution in [1.82, 2.24) is 9.88 Å². The number of carbonyl (C=O) groups excluding carboxylic acids is 1. The van der Waals surface area contributed by atoms with Crippen LogP contribution < -0.4 is 4.90 Å². The number of nitrogens with zero attached hydrogens (tertiary/aromatic N) is 4. The first-order valence-corrected chi connectivity index (χ1v) is 8.55. The zero-order chi connectivity index (χ0) is 16.4. The Bertz CT molecular complexity index is 638. The molecular formula is C17H21ClN4O. The van der Waals surface area contributed by atoms with E-state index in [0.717, 1.165) is 38.8 Å². The lowest BCUT2D eigenvalue weighted by atomic mass is 9.84. The van der Waals surface area contributed by atoms with Crippen LogP contribution in [-0.2, 0) is 4.79 Å². The predicted octanol–water partition coefficient (Wildman–Crippen LogP) is 2.83. The van der Waals surface area contributed by atoms with Gasteiger partial charge < -0.3 is 9.80 Å². The molecular weight excluding hydrogens is 312 g/mol. The fraction of sp³-hybridized carbons (Fsp3) is 0.588. The molecule has 122 valence electrons. The number of carbonyl (C=O) groups is 1. The fourth-order valence-electron chi connectivity index (χ4n) is 3.31. The number of pyridine rings is 1. The summed E-state index contributed by atoms with van der Waals surface area (Å²) in [7, 11) is 1.92. The number of hydrogen-bond donors (Lipinski definition) is 0. The van der Waals surface area contributed by atoms with Crippen molar-refractivity contribution in [3.05, 3.63) is 22.8 Å². The van der Waals surface area contributed by atoms with Gasteiger partial charge in [0.1, 0.15) is 11.9 Å². The number of amides is 1. The minimum atomic E-state index is 0.199. The lowest BCUT2D eigenvalue weighted by Crippen LogP contribution is -2.51. The van der Waals surface area contributed by atoms with Crippen LogP contribution in [0.2, 0.25) is 5.02 Å². The normalized spacial score (nSPS) is 21.4. The van der Waals surface area contributed by atoms with Crippen molar-refractivity contribution in [2.75, 3.05) is 25.0 Å². The largest absolute Gasteiger partial charge is 0.353 e. The van der Waals surface area contributed by atoms with Crippen molar-refractivity contribution in [3.63, 3.8) is 0 Å². The molecule has 23 heavy (non-hydrogen) atoms. The number of hydrogen-bond acceptors (Lipinski definition) is 4. The van der Waals surface area contributed by atoms with Gasteiger partial charge in [-0.05, 0) is 31.7 Å². The number of nitriles is 1. The Hall–Kier alpha value is -1.80. The second-order valence-corrected chi connectivity index (χ2v) is 6.87. The minimum absolute atomic E-state index is 0.199. The highest BCUT2D eigenvalue weighted by Crippen LogP contribution is 2.31. The topological polar surface area (TPSA) is 60.2 Å². The lowest BCUT2D eigenvalue weighted by molar-refractivity contribution is -0.139. The second kappa shape index (κ2) is 6.76. The molecule has 3 rings (SSSR count). The molecule has 1 atom stereocenters. The summed E-state index contributed by atoms with van der Waals surface area (Å²) in [5, 5.41) is 9.41. The van der Waals surface area contributed by atoms with Crippen LogP contribution in [-0.4, -0.2) is 42.0 Å². The molecule has 0 aromatic carbocycles. The average Bonchev–Trinajstić information content (AvgIpc) is 2.52. The van der Waals surface area contributed by atoms with Gasteiger partial charge in [-0.25, -0.2) is 4.98 Å². The number of anilines is 1. The summed E-state index contributed by atoms with van der Waals surface area (Å²) in [5.41, 5.74) is 0.463. The van der Waals surface area contributed by atoms with Crippen LogP contribution in [0.1, 0.15) is 37.7 Å². The smallest absolute Gasteiger partial charge is 0.225 e. The number of rotatable bonds is 3. The summed E-state index contributed by atoms with van der Waals surface area (Å²) in [6.45, 7) is 1.62. The summed E-state index contributed by atoms with van der Waals surface area (Å²) in [4.78, 5) is 20.8. The molecule has 5 nitrogen and oxygen atoms in total. The van der Waals surface area contributed by atoms with Gasteiger partial charge in [-0.3, -0.25) is 4.79 Å². The van der Waals surface area contributed by atoms with E-state index < -0.39 is 0 Å². The first kappa shape index (κ1) is 16.1. The molecule has 0 bridgehead atoms. The summed E-state index contributed by atoms with van der Waals surface area (Å²) in [6.07, 6.45) is 6.80. The van der Waals surface area contributed by atoms with Crippen molar-refractivity contribution in [2.45, 2.75) is 38.1 Å². The number of piperidine rings is 1. The number of aromatic nitrogens is 1. The highest BCUT2D eigenvalue weighted by molar-refractivity contribution is 6.33. The molecule has 1 aromatic rings. The van der Waals surface area contributed by atoms with Gasteiger partial charge in [-0.15, -0.1) is 0 Å². The van der Waals surface area contributed by atoms with E-state index in [0.29, 0.717) is 16.4 Å². The van der Waals surface area contributed by atoms with Crippen molar-refractivity contribution < 1.29 is 4.79 Å². The van der Waals surface area contributed by atoms with E-state index in [1.54, 1.807) is 12.3 Å². The van der Waals surface area contributed by atoms with Crippen LogP contribution in [0.25, 0.3) is 0 Å². The summed E-state index contributed by atoms with van der Waals surface area (Å²) in [5.74, 6) is 1.22. The highest BCUT2D eigenvalue weighted by Gasteiger charge is 2.33. The molecule has 0 radical (unpaired) electrons. The second-order valence-electron chi connectivity index (χ2n) is 6.46. The van der Waals surface area contributed by atoms with E-state index in [4.69, 9.17) is 16.9 Å². The van der Waals surface area contributed by atoms with E-state index >= 15 is 0 Å². The van der Waals surface area contributed by atoms with Gasteiger partial charge in [-0.2, -0.15) is 5.26 Å². The third kappa shape index (κ3) is 3.28. The molecule has 1 aliphatic carbocycles. The summed E-state index contributed by atoms with van der Waals surface area (Å²) < 4.78 is 0. The maximum Gasteiger partial charge on any atom is 0.225 e. The summed E-state index contributed by atoms with van der Waals surface area (Å²) >= 11 is 6.28. The molecule has 0 spiro atoms. The zero-order valence-corrected chi connectivity index (χ0v) is 14.1. The average molecular weight is 333 g/mol. The molecule has 2 aliphatic rings. The lowest BCUT2D eigenvalue weighted by Gasteiger charge is -2.40. The Kier molecular flexibility index (Phi) is 4.72.